The summed E-state index contributed by atoms with van der Waals surface area (Å²) >= 11 is 0. The van der Waals surface area contributed by atoms with Gasteiger partial charge in [-0.2, -0.15) is 0 Å². The Labute approximate surface area is 323 Å². The second-order valence-electron chi connectivity index (χ2n) is 13.9. The van der Waals surface area contributed by atoms with E-state index in [0.717, 1.165) is 83.5 Å². The first-order chi connectivity index (χ1) is 23.4. The maximum absolute atomic E-state index is 11.2. The van der Waals surface area contributed by atoms with Crippen LogP contribution in [0.3, 0.4) is 0 Å². The van der Waals surface area contributed by atoms with Crippen LogP contribution in [-0.2, 0) is 0 Å². The van der Waals surface area contributed by atoms with Gasteiger partial charge in [-0.05, 0) is 122 Å². The van der Waals surface area contributed by atoms with Gasteiger partial charge in [0.2, 0.25) is 0 Å². The van der Waals surface area contributed by atoms with Gasteiger partial charge in [-0.3, -0.25) is 19.8 Å². The summed E-state index contributed by atoms with van der Waals surface area (Å²) in [4.78, 5) is 13.7. The van der Waals surface area contributed by atoms with Crippen molar-refractivity contribution in [2.24, 2.45) is 23.7 Å². The molecular weight excluding hydrogens is 739 g/mol. The third kappa shape index (κ3) is 8.94. The Morgan fingerprint density at radius 2 is 1.08 bits per heavy atom. The number of ether oxygens (including phenoxy) is 2. The molecule has 0 amide bonds. The molecule has 0 aliphatic carbocycles. The number of piperidine rings is 6. The van der Waals surface area contributed by atoms with Crippen LogP contribution in [0.5, 0.6) is 11.5 Å². The van der Waals surface area contributed by atoms with Crippen LogP contribution >= 0.6 is 0 Å². The number of pyridine rings is 2. The van der Waals surface area contributed by atoms with Crippen molar-refractivity contribution < 1.29 is 41.6 Å². The summed E-state index contributed by atoms with van der Waals surface area (Å²) in [6.45, 7) is 12.1. The SMILES string of the molecule is C=C[C@H]1CN2CC[C@H]1C[C@H]2[C@H](O)c1ccnc2ccc(OC)cc12.C=C[C@H]1CN2CC[C@H]1C[C@H]2[C@H](O)c1ccnc2ccc(OC)cc12.O.O.O.O.[As]. The zero-order valence-electron chi connectivity index (χ0n) is 30.6. The molecule has 0 saturated carbocycles. The van der Waals surface area contributed by atoms with Gasteiger partial charge in [-0.15, -0.1) is 13.2 Å². The molecule has 3 radical (unpaired) electrons. The van der Waals surface area contributed by atoms with Gasteiger partial charge in [0.15, 0.2) is 0 Å². The molecule has 2 aromatic heterocycles. The van der Waals surface area contributed by atoms with Gasteiger partial charge in [0.1, 0.15) is 11.5 Å². The number of aliphatic hydroxyl groups excluding tert-OH is 2. The van der Waals surface area contributed by atoms with Crippen LogP contribution < -0.4 is 9.47 Å². The summed E-state index contributed by atoms with van der Waals surface area (Å²) in [6, 6.07) is 15.9. The van der Waals surface area contributed by atoms with Crippen LogP contribution in [0.1, 0.15) is 49.0 Å². The average molecular weight is 796 g/mol. The van der Waals surface area contributed by atoms with E-state index in [1.54, 1.807) is 26.6 Å². The number of nitrogens with zero attached hydrogens (tertiary/aromatic N) is 4. The number of benzene rings is 2. The molecule has 10 N–H and O–H groups in total. The smallest absolute Gasteiger partial charge is 0.119 e. The fourth-order valence-corrected chi connectivity index (χ4v) is 8.89. The minimum atomic E-state index is -0.504. The standard InChI is InChI=1S/2C20H24N2O2.As.4H2O/c2*1-3-13-12-22-9-7-14(13)10-19(22)20(23)16-6-8-21-18-5-4-15(24-2)11-17(16)18;;;;;/h2*3-6,8,11,13-14,19-20,23H,1,7,9-10,12H2,2H3;;4*1H2/t2*13-,14-,19-,20+;;;;;/m00...../s1. The number of rotatable bonds is 8. The molecule has 10 atom stereocenters. The molecule has 13 heteroatoms. The van der Waals surface area contributed by atoms with Gasteiger partial charge in [-0.1, -0.05) is 12.2 Å². The molecule has 4 bridgehead atoms. The van der Waals surface area contributed by atoms with Gasteiger partial charge < -0.3 is 41.6 Å². The van der Waals surface area contributed by atoms with Crippen LogP contribution in [0.25, 0.3) is 21.8 Å². The first-order valence-electron chi connectivity index (χ1n) is 17.4. The molecule has 2 aromatic carbocycles. The maximum atomic E-state index is 11.2. The van der Waals surface area contributed by atoms with E-state index in [4.69, 9.17) is 9.47 Å². The fourth-order valence-electron chi connectivity index (χ4n) is 8.89. The number of aliphatic hydroxyl groups is 2. The Bertz CT molecular complexity index is 1670. The van der Waals surface area contributed by atoms with E-state index >= 15 is 0 Å². The van der Waals surface area contributed by atoms with E-state index in [1.165, 1.54) is 12.8 Å². The second-order valence-corrected chi connectivity index (χ2v) is 13.9. The second kappa shape index (κ2) is 19.8. The predicted molar refractivity (Wildman–Crippen MR) is 210 cm³/mol. The topological polar surface area (TPSA) is 217 Å². The summed E-state index contributed by atoms with van der Waals surface area (Å²) < 4.78 is 10.7. The molecule has 6 aliphatic heterocycles. The minimum Gasteiger partial charge on any atom is -0.497 e. The molecule has 12 nitrogen and oxygen atoms in total. The van der Waals surface area contributed by atoms with Crippen molar-refractivity contribution in [3.63, 3.8) is 0 Å². The normalized spacial score (nSPS) is 27.4. The van der Waals surface area contributed by atoms with Crippen LogP contribution in [0.15, 0.2) is 86.2 Å². The summed E-state index contributed by atoms with van der Waals surface area (Å²) in [6.07, 6.45) is 11.2. The van der Waals surface area contributed by atoms with Crippen molar-refractivity contribution in [2.75, 3.05) is 40.4 Å². The molecule has 8 heterocycles. The van der Waals surface area contributed by atoms with E-state index in [2.05, 4.69) is 45.1 Å². The van der Waals surface area contributed by atoms with E-state index in [9.17, 15) is 10.2 Å². The quantitative estimate of drug-likeness (QED) is 0.199. The number of aromatic nitrogens is 2. The Morgan fingerprint density at radius 1 is 0.679 bits per heavy atom. The predicted octanol–water partition coefficient (Wildman–Crippen LogP) is 2.67. The van der Waals surface area contributed by atoms with E-state index in [-0.39, 0.29) is 51.9 Å². The number of methoxy groups -OCH3 is 2. The first-order valence-corrected chi connectivity index (χ1v) is 17.4. The Balaban J connectivity index is 0.000000335. The number of hydrogen-bond acceptors (Lipinski definition) is 8. The Kier molecular flexibility index (Phi) is 17.1. The number of hydrogen-bond donors (Lipinski definition) is 2. The van der Waals surface area contributed by atoms with Crippen molar-refractivity contribution in [1.82, 2.24) is 19.8 Å². The minimum absolute atomic E-state index is 0. The molecule has 53 heavy (non-hydrogen) atoms. The Hall–Kier alpha value is -3.42. The number of fused-ring (bicyclic) bond motifs is 8. The van der Waals surface area contributed by atoms with Crippen LogP contribution in [-0.4, -0.2) is 122 Å². The van der Waals surface area contributed by atoms with Gasteiger partial charge >= 0.3 is 0 Å². The Morgan fingerprint density at radius 3 is 1.40 bits per heavy atom. The summed E-state index contributed by atoms with van der Waals surface area (Å²) in [5, 5.41) is 24.3. The van der Waals surface area contributed by atoms with Crippen LogP contribution in [0.4, 0.5) is 0 Å². The van der Waals surface area contributed by atoms with Gasteiger partial charge in [0.05, 0.1) is 37.5 Å². The van der Waals surface area contributed by atoms with Gasteiger partial charge in [0, 0.05) is 66.3 Å². The third-order valence-corrected chi connectivity index (χ3v) is 11.6. The van der Waals surface area contributed by atoms with Crippen molar-refractivity contribution in [2.45, 2.75) is 50.0 Å². The molecule has 0 spiro atoms. The largest absolute Gasteiger partial charge is 0.497 e. The summed E-state index contributed by atoms with van der Waals surface area (Å²) in [7, 11) is 3.32. The summed E-state index contributed by atoms with van der Waals surface area (Å²) in [5.74, 6) is 4.01. The van der Waals surface area contributed by atoms with E-state index in [0.29, 0.717) is 23.7 Å². The molecule has 10 rings (SSSR count). The van der Waals surface area contributed by atoms with Crippen molar-refractivity contribution in [3.05, 3.63) is 97.4 Å². The molecule has 2 unspecified atom stereocenters. The molecular formula is C40H56AsN4O8. The zero-order chi connectivity index (χ0) is 33.4. The third-order valence-electron chi connectivity index (χ3n) is 11.6. The molecule has 6 fully saturated rings. The monoisotopic (exact) mass is 795 g/mol. The van der Waals surface area contributed by atoms with E-state index in [1.807, 2.05) is 48.5 Å². The molecule has 6 aliphatic rings. The summed E-state index contributed by atoms with van der Waals surface area (Å²) in [5.41, 5.74) is 3.69. The molecule has 6 saturated heterocycles. The van der Waals surface area contributed by atoms with Crippen LogP contribution in [0, 0.1) is 23.7 Å². The van der Waals surface area contributed by atoms with Crippen molar-refractivity contribution in [1.29, 1.82) is 0 Å². The average Bonchev–Trinajstić information content (AvgIpc) is 3.16. The van der Waals surface area contributed by atoms with Crippen LogP contribution in [0.2, 0.25) is 0 Å². The first kappa shape index (κ1) is 45.7. The molecule has 4 aromatic rings. The maximum Gasteiger partial charge on any atom is 0.119 e. The van der Waals surface area contributed by atoms with E-state index < -0.39 is 12.2 Å². The van der Waals surface area contributed by atoms with Gasteiger partial charge in [0.25, 0.3) is 0 Å². The van der Waals surface area contributed by atoms with Crippen molar-refractivity contribution >= 4 is 39.8 Å². The van der Waals surface area contributed by atoms with Gasteiger partial charge in [-0.25, -0.2) is 0 Å². The zero-order valence-corrected chi connectivity index (χ0v) is 32.4. The van der Waals surface area contributed by atoms with Crippen molar-refractivity contribution in [3.8, 4) is 11.5 Å². The molecule has 289 valence electrons. The fraction of sp³-hybridized carbons (Fsp3) is 0.450.